The highest BCUT2D eigenvalue weighted by Crippen LogP contribution is 2.35. The first-order valence-electron chi connectivity index (χ1n) is 10.0. The van der Waals surface area contributed by atoms with Crippen LogP contribution in [0, 0.1) is 18.8 Å². The number of fused-ring (bicyclic) bond motifs is 1. The zero-order valence-corrected chi connectivity index (χ0v) is 17.6. The van der Waals surface area contributed by atoms with Crippen LogP contribution in [0.25, 0.3) is 33.7 Å². The van der Waals surface area contributed by atoms with E-state index in [1.54, 1.807) is 0 Å². The van der Waals surface area contributed by atoms with Gasteiger partial charge in [0.1, 0.15) is 5.52 Å². The highest BCUT2D eigenvalue weighted by Gasteiger charge is 2.15. The summed E-state index contributed by atoms with van der Waals surface area (Å²) in [5.74, 6) is 7.17. The molecule has 0 saturated heterocycles. The number of hydrogen-bond donors (Lipinski definition) is 0. The Kier molecular flexibility index (Phi) is 5.04. The average Bonchev–Trinajstić information content (AvgIpc) is 3.23. The van der Waals surface area contributed by atoms with E-state index in [9.17, 15) is 0 Å². The van der Waals surface area contributed by atoms with Gasteiger partial charge in [-0.2, -0.15) is 0 Å². The number of rotatable bonds is 2. The molecule has 0 amide bonds. The second kappa shape index (κ2) is 8.14. The van der Waals surface area contributed by atoms with E-state index in [-0.39, 0.29) is 0 Å². The lowest BCUT2D eigenvalue weighted by molar-refractivity contribution is 0.620. The predicted octanol–water partition coefficient (Wildman–Crippen LogP) is 7.52. The Bertz CT molecular complexity index is 1440. The van der Waals surface area contributed by atoms with Crippen molar-refractivity contribution in [2.75, 3.05) is 0 Å². The minimum absolute atomic E-state index is 0.618. The van der Waals surface area contributed by atoms with Crippen molar-refractivity contribution in [1.82, 2.24) is 4.98 Å². The van der Waals surface area contributed by atoms with E-state index in [4.69, 9.17) is 21.0 Å². The Labute approximate surface area is 186 Å². The fourth-order valence-electron chi connectivity index (χ4n) is 3.58. The van der Waals surface area contributed by atoms with Crippen LogP contribution in [0.15, 0.2) is 95.4 Å². The lowest BCUT2D eigenvalue weighted by Crippen LogP contribution is -1.87. The van der Waals surface area contributed by atoms with Crippen molar-refractivity contribution in [2.45, 2.75) is 6.92 Å². The summed E-state index contributed by atoms with van der Waals surface area (Å²) >= 11 is 5.99. The van der Waals surface area contributed by atoms with Gasteiger partial charge in [0.05, 0.1) is 0 Å². The number of halogens is 1. The minimum atomic E-state index is 0.618. The molecule has 1 heterocycles. The van der Waals surface area contributed by atoms with Crippen LogP contribution < -0.4 is 0 Å². The summed E-state index contributed by atoms with van der Waals surface area (Å²) in [5.41, 5.74) is 7.55. The summed E-state index contributed by atoms with van der Waals surface area (Å²) in [7, 11) is 0. The van der Waals surface area contributed by atoms with Crippen molar-refractivity contribution in [3.63, 3.8) is 0 Å². The largest absolute Gasteiger partial charge is 0.435 e. The first kappa shape index (κ1) is 19.2. The molecule has 0 radical (unpaired) electrons. The predicted molar refractivity (Wildman–Crippen MR) is 127 cm³/mol. The second-order valence-corrected chi connectivity index (χ2v) is 7.78. The first-order valence-corrected chi connectivity index (χ1v) is 10.4. The van der Waals surface area contributed by atoms with Crippen molar-refractivity contribution < 1.29 is 4.42 Å². The summed E-state index contributed by atoms with van der Waals surface area (Å²) in [4.78, 5) is 4.75. The minimum Gasteiger partial charge on any atom is -0.435 e. The highest BCUT2D eigenvalue weighted by molar-refractivity contribution is 6.30. The Morgan fingerprint density at radius 3 is 2.32 bits per heavy atom. The third kappa shape index (κ3) is 3.97. The van der Waals surface area contributed by atoms with Crippen molar-refractivity contribution in [3.05, 3.63) is 113 Å². The number of aryl methyl sites for hydroxylation is 1. The molecule has 2 nitrogen and oxygen atoms in total. The van der Waals surface area contributed by atoms with E-state index < -0.39 is 0 Å². The van der Waals surface area contributed by atoms with Gasteiger partial charge in [-0.1, -0.05) is 59.8 Å². The normalized spacial score (nSPS) is 10.6. The van der Waals surface area contributed by atoms with E-state index in [0.717, 1.165) is 44.5 Å². The van der Waals surface area contributed by atoms with Crippen LogP contribution in [-0.2, 0) is 0 Å². The Balaban J connectivity index is 1.65. The Morgan fingerprint density at radius 2 is 1.52 bits per heavy atom. The molecule has 1 aromatic heterocycles. The topological polar surface area (TPSA) is 26.0 Å². The fourth-order valence-corrected chi connectivity index (χ4v) is 3.70. The number of nitrogens with zero attached hydrogens (tertiary/aromatic N) is 1. The van der Waals surface area contributed by atoms with Crippen LogP contribution >= 0.6 is 11.6 Å². The van der Waals surface area contributed by atoms with Gasteiger partial charge in [0.2, 0.25) is 5.89 Å². The molecule has 31 heavy (non-hydrogen) atoms. The molecule has 5 rings (SSSR count). The molecule has 3 heteroatoms. The van der Waals surface area contributed by atoms with Crippen LogP contribution in [0.5, 0.6) is 0 Å². The molecule has 0 N–H and O–H groups in total. The summed E-state index contributed by atoms with van der Waals surface area (Å²) < 4.78 is 6.25. The zero-order chi connectivity index (χ0) is 21.2. The van der Waals surface area contributed by atoms with Gasteiger partial charge in [0.25, 0.3) is 0 Å². The van der Waals surface area contributed by atoms with Crippen LogP contribution in [0.2, 0.25) is 5.02 Å². The van der Waals surface area contributed by atoms with Gasteiger partial charge in [-0.3, -0.25) is 0 Å². The Hall–Kier alpha value is -3.80. The summed E-state index contributed by atoms with van der Waals surface area (Å²) in [6.45, 7) is 2.07. The third-order valence-electron chi connectivity index (χ3n) is 5.06. The van der Waals surface area contributed by atoms with Gasteiger partial charge >= 0.3 is 0 Å². The van der Waals surface area contributed by atoms with Crippen molar-refractivity contribution in [2.24, 2.45) is 0 Å². The van der Waals surface area contributed by atoms with Crippen LogP contribution in [0.4, 0.5) is 0 Å². The van der Waals surface area contributed by atoms with Gasteiger partial charge in [0, 0.05) is 32.8 Å². The molecule has 0 atom stereocenters. The van der Waals surface area contributed by atoms with Gasteiger partial charge in [0.15, 0.2) is 5.58 Å². The molecular weight excluding hydrogens is 402 g/mol. The molecule has 5 aromatic rings. The smallest absolute Gasteiger partial charge is 0.227 e. The molecule has 0 spiro atoms. The molecule has 0 bridgehead atoms. The molecule has 0 aliphatic carbocycles. The van der Waals surface area contributed by atoms with Gasteiger partial charge in [-0.25, -0.2) is 4.98 Å². The van der Waals surface area contributed by atoms with Crippen LogP contribution in [0.3, 0.4) is 0 Å². The molecule has 0 fully saturated rings. The molecule has 0 aliphatic rings. The molecule has 4 aromatic carbocycles. The maximum Gasteiger partial charge on any atom is 0.227 e. The standard InChI is InChI=1S/C28H18ClNO/c1-19-17-25(27-26(18-19)30-28(31-27)22-8-3-2-4-9-22)24-10-6-5-7-21(24)14-11-20-12-15-23(29)16-13-20/h2-10,12-13,15-18H,1H3. The zero-order valence-electron chi connectivity index (χ0n) is 16.9. The number of hydrogen-bond acceptors (Lipinski definition) is 2. The van der Waals surface area contributed by atoms with E-state index in [2.05, 4.69) is 37.0 Å². The summed E-state index contributed by atoms with van der Waals surface area (Å²) in [6.07, 6.45) is 0. The highest BCUT2D eigenvalue weighted by atomic mass is 35.5. The quantitative estimate of drug-likeness (QED) is 0.276. The maximum absolute atomic E-state index is 6.25. The summed E-state index contributed by atoms with van der Waals surface area (Å²) in [5, 5.41) is 0.702. The lowest BCUT2D eigenvalue weighted by atomic mass is 9.97. The first-order chi connectivity index (χ1) is 15.2. The molecular formula is C28H18ClNO. The van der Waals surface area contributed by atoms with E-state index >= 15 is 0 Å². The Morgan fingerprint density at radius 1 is 0.774 bits per heavy atom. The van der Waals surface area contributed by atoms with Crippen molar-refractivity contribution in [1.29, 1.82) is 0 Å². The number of aromatic nitrogens is 1. The lowest BCUT2D eigenvalue weighted by Gasteiger charge is -2.07. The molecule has 0 aliphatic heterocycles. The SMILES string of the molecule is Cc1cc(-c2ccccc2C#Cc2ccc(Cl)cc2)c2oc(-c3ccccc3)nc2c1. The second-order valence-electron chi connectivity index (χ2n) is 7.35. The molecule has 148 valence electrons. The van der Waals surface area contributed by atoms with E-state index in [1.807, 2.05) is 72.8 Å². The van der Waals surface area contributed by atoms with Crippen molar-refractivity contribution >= 4 is 22.7 Å². The number of benzene rings is 4. The summed E-state index contributed by atoms with van der Waals surface area (Å²) in [6, 6.07) is 29.8. The van der Waals surface area contributed by atoms with Crippen LogP contribution in [0.1, 0.15) is 16.7 Å². The van der Waals surface area contributed by atoms with Gasteiger partial charge in [-0.15, -0.1) is 0 Å². The van der Waals surface area contributed by atoms with Gasteiger partial charge < -0.3 is 4.42 Å². The third-order valence-corrected chi connectivity index (χ3v) is 5.31. The molecule has 0 unspecified atom stereocenters. The van der Waals surface area contributed by atoms with Crippen LogP contribution in [-0.4, -0.2) is 4.98 Å². The average molecular weight is 420 g/mol. The van der Waals surface area contributed by atoms with Gasteiger partial charge in [-0.05, 0) is 67.1 Å². The van der Waals surface area contributed by atoms with Crippen molar-refractivity contribution in [3.8, 4) is 34.4 Å². The fraction of sp³-hybridized carbons (Fsp3) is 0.0357. The number of oxazole rings is 1. The van der Waals surface area contributed by atoms with E-state index in [1.165, 1.54) is 0 Å². The molecule has 0 saturated carbocycles. The maximum atomic E-state index is 6.25. The van der Waals surface area contributed by atoms with E-state index in [0.29, 0.717) is 10.9 Å². The monoisotopic (exact) mass is 419 g/mol.